The summed E-state index contributed by atoms with van der Waals surface area (Å²) in [4.78, 5) is 2.10. The molecule has 1 saturated heterocycles. The zero-order chi connectivity index (χ0) is 14.0. The minimum absolute atomic E-state index is 0.168. The van der Waals surface area contributed by atoms with E-state index in [0.29, 0.717) is 44.2 Å². The van der Waals surface area contributed by atoms with Crippen molar-refractivity contribution < 1.29 is 12.9 Å². The summed E-state index contributed by atoms with van der Waals surface area (Å²) in [5.74, 6) is 0.317. The van der Waals surface area contributed by atoms with Crippen LogP contribution in [0.3, 0.4) is 0 Å². The van der Waals surface area contributed by atoms with Crippen LogP contribution in [0.15, 0.2) is 9.42 Å². The third-order valence-electron chi connectivity index (χ3n) is 3.19. The lowest BCUT2D eigenvalue weighted by atomic mass is 10.4. The highest BCUT2D eigenvalue weighted by Crippen LogP contribution is 2.23. The van der Waals surface area contributed by atoms with Gasteiger partial charge in [-0.25, -0.2) is 8.42 Å². The van der Waals surface area contributed by atoms with Crippen molar-refractivity contribution in [2.45, 2.75) is 18.7 Å². The van der Waals surface area contributed by atoms with Gasteiger partial charge in [-0.2, -0.15) is 9.57 Å². The van der Waals surface area contributed by atoms with Crippen molar-refractivity contribution in [2.24, 2.45) is 0 Å². The fourth-order valence-electron chi connectivity index (χ4n) is 2.20. The molecule has 2 heterocycles. The first-order valence-corrected chi connectivity index (χ1v) is 7.43. The second-order valence-electron chi connectivity index (χ2n) is 4.49. The normalized spacial score (nSPS) is 18.4. The fraction of sp³-hybridized carbons (Fsp3) is 0.636. The Kier molecular flexibility index (Phi) is 3.89. The Balaban J connectivity index is 2.17. The number of nitriles is 1. The molecule has 1 aliphatic rings. The lowest BCUT2D eigenvalue weighted by Crippen LogP contribution is -2.48. The van der Waals surface area contributed by atoms with E-state index in [-0.39, 0.29) is 4.90 Å². The Morgan fingerprint density at radius 3 is 2.42 bits per heavy atom. The van der Waals surface area contributed by atoms with Crippen molar-refractivity contribution in [2.75, 3.05) is 32.7 Å². The van der Waals surface area contributed by atoms with Crippen LogP contribution in [-0.4, -0.2) is 55.5 Å². The molecule has 0 aromatic carbocycles. The molecule has 0 spiro atoms. The summed E-state index contributed by atoms with van der Waals surface area (Å²) < 4.78 is 31.3. The monoisotopic (exact) mass is 284 g/mol. The minimum Gasteiger partial charge on any atom is -0.360 e. The molecule has 2 rings (SSSR count). The van der Waals surface area contributed by atoms with Crippen LogP contribution in [0.2, 0.25) is 0 Å². The molecule has 0 unspecified atom stereocenters. The SMILES string of the molecule is Cc1noc(C)c1S(=O)(=O)N1CCN(CC#N)CC1. The lowest BCUT2D eigenvalue weighted by Gasteiger charge is -2.32. The molecule has 7 nitrogen and oxygen atoms in total. The molecule has 0 amide bonds. The van der Waals surface area contributed by atoms with E-state index in [4.69, 9.17) is 9.78 Å². The number of piperazine rings is 1. The number of hydrogen-bond donors (Lipinski definition) is 0. The van der Waals surface area contributed by atoms with Crippen LogP contribution in [0.25, 0.3) is 0 Å². The first-order valence-electron chi connectivity index (χ1n) is 5.99. The van der Waals surface area contributed by atoms with E-state index in [0.717, 1.165) is 0 Å². The summed E-state index contributed by atoms with van der Waals surface area (Å²) in [6.07, 6.45) is 0. The molecule has 0 atom stereocenters. The summed E-state index contributed by atoms with van der Waals surface area (Å²) in [6.45, 7) is 5.45. The number of aryl methyl sites for hydroxylation is 2. The van der Waals surface area contributed by atoms with Crippen LogP contribution in [0.5, 0.6) is 0 Å². The van der Waals surface area contributed by atoms with Gasteiger partial charge < -0.3 is 4.52 Å². The van der Waals surface area contributed by atoms with Gasteiger partial charge in [0.2, 0.25) is 10.0 Å². The maximum Gasteiger partial charge on any atom is 0.248 e. The Morgan fingerprint density at radius 2 is 1.95 bits per heavy atom. The molecule has 8 heteroatoms. The molecule has 1 aliphatic heterocycles. The first kappa shape index (κ1) is 14.0. The molecule has 0 bridgehead atoms. The predicted octanol–water partition coefficient (Wildman–Crippen LogP) is 0.121. The maximum absolute atomic E-state index is 12.5. The predicted molar refractivity (Wildman–Crippen MR) is 66.8 cm³/mol. The van der Waals surface area contributed by atoms with Crippen LogP contribution >= 0.6 is 0 Å². The summed E-state index contributed by atoms with van der Waals surface area (Å²) in [7, 11) is -3.55. The Hall–Kier alpha value is -1.43. The minimum atomic E-state index is -3.55. The van der Waals surface area contributed by atoms with Gasteiger partial charge in [-0.1, -0.05) is 5.16 Å². The average Bonchev–Trinajstić information content (AvgIpc) is 2.70. The van der Waals surface area contributed by atoms with Gasteiger partial charge in [0, 0.05) is 26.2 Å². The zero-order valence-electron chi connectivity index (χ0n) is 11.0. The second kappa shape index (κ2) is 5.28. The van der Waals surface area contributed by atoms with Gasteiger partial charge in [0.1, 0.15) is 10.6 Å². The molecular weight excluding hydrogens is 268 g/mol. The first-order chi connectivity index (χ1) is 8.96. The van der Waals surface area contributed by atoms with E-state index in [9.17, 15) is 8.42 Å². The van der Waals surface area contributed by atoms with E-state index in [2.05, 4.69) is 11.2 Å². The molecule has 1 aromatic rings. The number of hydrogen-bond acceptors (Lipinski definition) is 6. The van der Waals surface area contributed by atoms with Crippen LogP contribution in [0.1, 0.15) is 11.5 Å². The highest BCUT2D eigenvalue weighted by atomic mass is 32.2. The van der Waals surface area contributed by atoms with Gasteiger partial charge in [0.15, 0.2) is 5.76 Å². The Labute approximate surface area is 112 Å². The number of nitrogens with zero attached hydrogens (tertiary/aromatic N) is 4. The molecule has 1 fully saturated rings. The Morgan fingerprint density at radius 1 is 1.32 bits per heavy atom. The molecule has 0 saturated carbocycles. The van der Waals surface area contributed by atoms with Gasteiger partial charge in [0.25, 0.3) is 0 Å². The van der Waals surface area contributed by atoms with Gasteiger partial charge in [0.05, 0.1) is 12.6 Å². The van der Waals surface area contributed by atoms with E-state index in [1.165, 1.54) is 4.31 Å². The van der Waals surface area contributed by atoms with Crippen molar-refractivity contribution in [3.8, 4) is 6.07 Å². The number of aromatic nitrogens is 1. The lowest BCUT2D eigenvalue weighted by molar-refractivity contribution is 0.206. The Bertz CT molecular complexity index is 574. The number of rotatable bonds is 3. The van der Waals surface area contributed by atoms with Crippen molar-refractivity contribution in [1.82, 2.24) is 14.4 Å². The molecule has 0 N–H and O–H groups in total. The molecule has 0 aliphatic carbocycles. The van der Waals surface area contributed by atoms with E-state index in [1.807, 2.05) is 4.90 Å². The summed E-state index contributed by atoms with van der Waals surface area (Å²) in [5, 5.41) is 12.3. The maximum atomic E-state index is 12.5. The van der Waals surface area contributed by atoms with Crippen LogP contribution in [-0.2, 0) is 10.0 Å². The smallest absolute Gasteiger partial charge is 0.248 e. The standard InChI is InChI=1S/C11H16N4O3S/c1-9-11(10(2)18-13-9)19(16,17)15-7-5-14(4-3-12)6-8-15/h4-8H2,1-2H3. The second-order valence-corrected chi connectivity index (χ2v) is 6.37. The number of sulfonamides is 1. The van der Waals surface area contributed by atoms with E-state index in [1.54, 1.807) is 13.8 Å². The van der Waals surface area contributed by atoms with E-state index < -0.39 is 10.0 Å². The van der Waals surface area contributed by atoms with Gasteiger partial charge in [-0.15, -0.1) is 0 Å². The fourth-order valence-corrected chi connectivity index (χ4v) is 3.91. The highest BCUT2D eigenvalue weighted by molar-refractivity contribution is 7.89. The van der Waals surface area contributed by atoms with Gasteiger partial charge in [-0.3, -0.25) is 4.90 Å². The van der Waals surface area contributed by atoms with Gasteiger partial charge >= 0.3 is 0 Å². The average molecular weight is 284 g/mol. The van der Waals surface area contributed by atoms with Crippen molar-refractivity contribution in [3.63, 3.8) is 0 Å². The summed E-state index contributed by atoms with van der Waals surface area (Å²) in [6, 6.07) is 2.07. The van der Waals surface area contributed by atoms with Crippen molar-refractivity contribution in [3.05, 3.63) is 11.5 Å². The quantitative estimate of drug-likeness (QED) is 0.732. The zero-order valence-corrected chi connectivity index (χ0v) is 11.8. The molecule has 104 valence electrons. The van der Waals surface area contributed by atoms with E-state index >= 15 is 0 Å². The summed E-state index contributed by atoms with van der Waals surface area (Å²) in [5.41, 5.74) is 0.386. The van der Waals surface area contributed by atoms with Crippen LogP contribution in [0.4, 0.5) is 0 Å². The van der Waals surface area contributed by atoms with Crippen molar-refractivity contribution >= 4 is 10.0 Å². The third-order valence-corrected chi connectivity index (χ3v) is 5.34. The summed E-state index contributed by atoms with van der Waals surface area (Å²) >= 11 is 0. The highest BCUT2D eigenvalue weighted by Gasteiger charge is 2.33. The molecule has 0 radical (unpaired) electrons. The van der Waals surface area contributed by atoms with Crippen molar-refractivity contribution in [1.29, 1.82) is 5.26 Å². The topological polar surface area (TPSA) is 90.4 Å². The van der Waals surface area contributed by atoms with Gasteiger partial charge in [-0.05, 0) is 13.8 Å². The molecule has 1 aromatic heterocycles. The molecular formula is C11H16N4O3S. The largest absolute Gasteiger partial charge is 0.360 e. The van der Waals surface area contributed by atoms with Crippen LogP contribution < -0.4 is 0 Å². The third kappa shape index (κ3) is 2.63. The molecule has 19 heavy (non-hydrogen) atoms. The van der Waals surface area contributed by atoms with Crippen LogP contribution in [0, 0.1) is 25.2 Å².